The summed E-state index contributed by atoms with van der Waals surface area (Å²) in [5, 5.41) is 0. The highest BCUT2D eigenvalue weighted by Crippen LogP contribution is 2.54. The standard InChI is InChI=1S/C9H12O3/c10-8-7-9(12-7)4-2-1-3-6(9)5-11-8/h6-7H,1-5H2/t6-,7?,9-/m1/s1. The highest BCUT2D eigenvalue weighted by Gasteiger charge is 2.68. The molecule has 0 aromatic heterocycles. The number of epoxide rings is 1. The van der Waals surface area contributed by atoms with Crippen LogP contribution in [0.3, 0.4) is 0 Å². The molecule has 3 nitrogen and oxygen atoms in total. The zero-order valence-corrected chi connectivity index (χ0v) is 6.91. The van der Waals surface area contributed by atoms with Gasteiger partial charge in [0.15, 0.2) is 6.10 Å². The summed E-state index contributed by atoms with van der Waals surface area (Å²) in [4.78, 5) is 11.1. The lowest BCUT2D eigenvalue weighted by atomic mass is 9.76. The Hall–Kier alpha value is -0.570. The second kappa shape index (κ2) is 2.02. The summed E-state index contributed by atoms with van der Waals surface area (Å²) in [6, 6.07) is 0. The Morgan fingerprint density at radius 1 is 1.42 bits per heavy atom. The summed E-state index contributed by atoms with van der Waals surface area (Å²) < 4.78 is 10.5. The van der Waals surface area contributed by atoms with Crippen molar-refractivity contribution < 1.29 is 14.3 Å². The third kappa shape index (κ3) is 0.678. The highest BCUT2D eigenvalue weighted by atomic mass is 16.7. The fraction of sp³-hybridized carbons (Fsp3) is 0.889. The quantitative estimate of drug-likeness (QED) is 0.398. The summed E-state index contributed by atoms with van der Waals surface area (Å²) in [5.41, 5.74) is -0.0619. The van der Waals surface area contributed by atoms with Crippen molar-refractivity contribution in [2.45, 2.75) is 37.4 Å². The van der Waals surface area contributed by atoms with E-state index in [0.717, 1.165) is 6.42 Å². The van der Waals surface area contributed by atoms with Crippen molar-refractivity contribution in [1.29, 1.82) is 0 Å². The van der Waals surface area contributed by atoms with Crippen LogP contribution in [-0.4, -0.2) is 24.3 Å². The van der Waals surface area contributed by atoms with E-state index in [1.165, 1.54) is 19.3 Å². The van der Waals surface area contributed by atoms with E-state index < -0.39 is 0 Å². The molecule has 2 saturated heterocycles. The van der Waals surface area contributed by atoms with Crippen LogP contribution in [0.5, 0.6) is 0 Å². The molecule has 3 heteroatoms. The lowest BCUT2D eigenvalue weighted by molar-refractivity contribution is -0.149. The number of ether oxygens (including phenoxy) is 2. The molecular formula is C9H12O3. The summed E-state index contributed by atoms with van der Waals surface area (Å²) in [5.74, 6) is 0.363. The summed E-state index contributed by atoms with van der Waals surface area (Å²) in [6.45, 7) is 0.593. The predicted octanol–water partition coefficient (Wildman–Crippen LogP) is 0.871. The molecule has 3 atom stereocenters. The van der Waals surface area contributed by atoms with E-state index >= 15 is 0 Å². The van der Waals surface area contributed by atoms with E-state index in [0.29, 0.717) is 12.5 Å². The molecule has 2 aliphatic heterocycles. The van der Waals surface area contributed by atoms with E-state index in [9.17, 15) is 4.79 Å². The van der Waals surface area contributed by atoms with Gasteiger partial charge in [0.05, 0.1) is 6.61 Å². The molecule has 1 spiro atoms. The number of hydrogen-bond acceptors (Lipinski definition) is 3. The van der Waals surface area contributed by atoms with E-state index in [1.54, 1.807) is 0 Å². The third-order valence-corrected chi connectivity index (χ3v) is 3.43. The van der Waals surface area contributed by atoms with Crippen LogP contribution in [-0.2, 0) is 14.3 Å². The smallest absolute Gasteiger partial charge is 0.338 e. The number of esters is 1. The van der Waals surface area contributed by atoms with Crippen LogP contribution in [0, 0.1) is 5.92 Å². The summed E-state index contributed by atoms with van der Waals surface area (Å²) >= 11 is 0. The minimum Gasteiger partial charge on any atom is -0.463 e. The minimum atomic E-state index is -0.198. The molecule has 2 heterocycles. The van der Waals surface area contributed by atoms with Gasteiger partial charge in [0.1, 0.15) is 5.60 Å². The second-order valence-electron chi connectivity index (χ2n) is 4.03. The molecule has 0 radical (unpaired) electrons. The molecule has 3 fully saturated rings. The van der Waals surface area contributed by atoms with Crippen LogP contribution in [0.25, 0.3) is 0 Å². The molecule has 12 heavy (non-hydrogen) atoms. The normalized spacial score (nSPS) is 50.5. The maximum Gasteiger partial charge on any atom is 0.338 e. The predicted molar refractivity (Wildman–Crippen MR) is 40.5 cm³/mol. The maximum atomic E-state index is 11.1. The zero-order chi connectivity index (χ0) is 8.18. The number of rotatable bonds is 0. The van der Waals surface area contributed by atoms with Crippen molar-refractivity contribution in [3.05, 3.63) is 0 Å². The van der Waals surface area contributed by atoms with E-state index in [4.69, 9.17) is 9.47 Å². The molecule has 0 amide bonds. The van der Waals surface area contributed by atoms with Gasteiger partial charge in [-0.25, -0.2) is 4.79 Å². The molecule has 1 unspecified atom stereocenters. The zero-order valence-electron chi connectivity index (χ0n) is 6.91. The number of carbonyl (C=O) groups excluding carboxylic acids is 1. The van der Waals surface area contributed by atoms with E-state index in [2.05, 4.69) is 0 Å². The first-order valence-corrected chi connectivity index (χ1v) is 4.67. The molecular weight excluding hydrogens is 156 g/mol. The van der Waals surface area contributed by atoms with Crippen molar-refractivity contribution >= 4 is 5.97 Å². The molecule has 0 N–H and O–H groups in total. The van der Waals surface area contributed by atoms with Crippen molar-refractivity contribution in [1.82, 2.24) is 0 Å². The van der Waals surface area contributed by atoms with Gasteiger partial charge >= 0.3 is 5.97 Å². The van der Waals surface area contributed by atoms with Gasteiger partial charge in [0, 0.05) is 5.92 Å². The Morgan fingerprint density at radius 3 is 3.25 bits per heavy atom. The van der Waals surface area contributed by atoms with Crippen LogP contribution >= 0.6 is 0 Å². The van der Waals surface area contributed by atoms with Crippen molar-refractivity contribution in [2.24, 2.45) is 5.92 Å². The van der Waals surface area contributed by atoms with Crippen LogP contribution in [0.4, 0.5) is 0 Å². The topological polar surface area (TPSA) is 38.8 Å². The van der Waals surface area contributed by atoms with Crippen LogP contribution < -0.4 is 0 Å². The summed E-state index contributed by atoms with van der Waals surface area (Å²) in [6.07, 6.45) is 4.51. The molecule has 1 aliphatic carbocycles. The van der Waals surface area contributed by atoms with Gasteiger partial charge < -0.3 is 9.47 Å². The number of carbonyl (C=O) groups is 1. The lowest BCUT2D eigenvalue weighted by Gasteiger charge is -2.31. The van der Waals surface area contributed by atoms with Crippen LogP contribution in [0.1, 0.15) is 25.7 Å². The van der Waals surface area contributed by atoms with Gasteiger partial charge in [-0.3, -0.25) is 0 Å². The molecule has 3 rings (SSSR count). The molecule has 66 valence electrons. The van der Waals surface area contributed by atoms with E-state index in [1.807, 2.05) is 0 Å². The molecule has 1 saturated carbocycles. The Balaban J connectivity index is 1.88. The third-order valence-electron chi connectivity index (χ3n) is 3.43. The van der Waals surface area contributed by atoms with Gasteiger partial charge in [-0.2, -0.15) is 0 Å². The van der Waals surface area contributed by atoms with Crippen molar-refractivity contribution in [2.75, 3.05) is 6.61 Å². The first-order chi connectivity index (χ1) is 5.83. The lowest BCUT2D eigenvalue weighted by Crippen LogP contribution is -2.41. The minimum absolute atomic E-state index is 0.0619. The van der Waals surface area contributed by atoms with Crippen molar-refractivity contribution in [3.63, 3.8) is 0 Å². The summed E-state index contributed by atoms with van der Waals surface area (Å²) in [7, 11) is 0. The Morgan fingerprint density at radius 2 is 2.33 bits per heavy atom. The monoisotopic (exact) mass is 168 g/mol. The molecule has 0 aromatic carbocycles. The molecule has 0 aromatic rings. The SMILES string of the molecule is O=C1OC[C@H]2CCCC[C@@]23OC13. The largest absolute Gasteiger partial charge is 0.463 e. The first-order valence-electron chi connectivity index (χ1n) is 4.67. The number of hydrogen-bond donors (Lipinski definition) is 0. The molecule has 3 aliphatic rings. The second-order valence-corrected chi connectivity index (χ2v) is 4.03. The van der Waals surface area contributed by atoms with Crippen molar-refractivity contribution in [3.8, 4) is 0 Å². The van der Waals surface area contributed by atoms with Gasteiger partial charge in [-0.05, 0) is 12.8 Å². The van der Waals surface area contributed by atoms with Crippen LogP contribution in [0.15, 0.2) is 0 Å². The Labute approximate surface area is 71.0 Å². The average Bonchev–Trinajstić information content (AvgIpc) is 2.80. The Bertz CT molecular complexity index is 238. The highest BCUT2D eigenvalue weighted by molar-refractivity contribution is 5.80. The Kier molecular flexibility index (Phi) is 1.16. The fourth-order valence-corrected chi connectivity index (χ4v) is 2.66. The average molecular weight is 168 g/mol. The van der Waals surface area contributed by atoms with Crippen LogP contribution in [0.2, 0.25) is 0 Å². The number of cyclic esters (lactones) is 1. The van der Waals surface area contributed by atoms with Gasteiger partial charge in [-0.1, -0.05) is 12.8 Å². The van der Waals surface area contributed by atoms with Gasteiger partial charge in [0.25, 0.3) is 0 Å². The first kappa shape index (κ1) is 6.89. The fourth-order valence-electron chi connectivity index (χ4n) is 2.66. The van der Waals surface area contributed by atoms with Gasteiger partial charge in [0.2, 0.25) is 0 Å². The van der Waals surface area contributed by atoms with E-state index in [-0.39, 0.29) is 17.7 Å². The molecule has 0 bridgehead atoms. The van der Waals surface area contributed by atoms with Gasteiger partial charge in [-0.15, -0.1) is 0 Å². The maximum absolute atomic E-state index is 11.1.